The van der Waals surface area contributed by atoms with Gasteiger partial charge in [0.1, 0.15) is 11.8 Å². The molecule has 1 aromatic heterocycles. The Balaban J connectivity index is 2.11. The Hall–Kier alpha value is -2.03. The molecule has 1 aliphatic rings. The van der Waals surface area contributed by atoms with Crippen LogP contribution in [0, 0.1) is 0 Å². The van der Waals surface area contributed by atoms with Crippen molar-refractivity contribution in [3.05, 3.63) is 59.5 Å². The van der Waals surface area contributed by atoms with Crippen molar-refractivity contribution in [1.82, 2.24) is 4.90 Å². The first kappa shape index (κ1) is 11.1. The van der Waals surface area contributed by atoms with Crippen LogP contribution in [-0.4, -0.2) is 17.4 Å². The number of hydrogen-bond donors (Lipinski definition) is 0. The lowest BCUT2D eigenvalue weighted by Gasteiger charge is -2.23. The molecule has 18 heavy (non-hydrogen) atoms. The summed E-state index contributed by atoms with van der Waals surface area (Å²) < 4.78 is 5.51. The van der Waals surface area contributed by atoms with Crippen LogP contribution in [0.3, 0.4) is 0 Å². The molecule has 0 saturated carbocycles. The summed E-state index contributed by atoms with van der Waals surface area (Å²) >= 11 is 0. The average Bonchev–Trinajstić information content (AvgIpc) is 2.99. The minimum Gasteiger partial charge on any atom is -0.467 e. The van der Waals surface area contributed by atoms with E-state index in [2.05, 4.69) is 6.92 Å². The third kappa shape index (κ3) is 1.55. The maximum absolute atomic E-state index is 12.4. The van der Waals surface area contributed by atoms with Gasteiger partial charge in [0.25, 0.3) is 5.91 Å². The van der Waals surface area contributed by atoms with Gasteiger partial charge in [0, 0.05) is 12.1 Å². The number of benzene rings is 1. The average molecular weight is 241 g/mol. The fraction of sp³-hybridized carbons (Fsp3) is 0.267. The van der Waals surface area contributed by atoms with Crippen LogP contribution in [0.5, 0.6) is 0 Å². The van der Waals surface area contributed by atoms with Gasteiger partial charge in [0.2, 0.25) is 0 Å². The second-order valence-corrected chi connectivity index (χ2v) is 4.50. The first-order valence-electron chi connectivity index (χ1n) is 6.26. The molecule has 92 valence electrons. The fourth-order valence-electron chi connectivity index (χ4n) is 2.60. The van der Waals surface area contributed by atoms with Gasteiger partial charge < -0.3 is 9.32 Å². The maximum atomic E-state index is 12.4. The van der Waals surface area contributed by atoms with Crippen molar-refractivity contribution in [2.75, 3.05) is 6.54 Å². The Morgan fingerprint density at radius 1 is 1.22 bits per heavy atom. The van der Waals surface area contributed by atoms with E-state index in [1.54, 1.807) is 6.26 Å². The number of fused-ring (bicyclic) bond motifs is 1. The molecule has 1 amide bonds. The molecule has 1 unspecified atom stereocenters. The molecule has 1 aromatic carbocycles. The van der Waals surface area contributed by atoms with Gasteiger partial charge in [-0.05, 0) is 30.2 Å². The van der Waals surface area contributed by atoms with Gasteiger partial charge in [0.05, 0.1) is 6.26 Å². The first-order valence-corrected chi connectivity index (χ1v) is 6.26. The van der Waals surface area contributed by atoms with Gasteiger partial charge in [-0.1, -0.05) is 25.1 Å². The van der Waals surface area contributed by atoms with Crippen LogP contribution < -0.4 is 0 Å². The lowest BCUT2D eigenvalue weighted by atomic mass is 10.0. The number of nitrogens with zero attached hydrogens (tertiary/aromatic N) is 1. The molecule has 3 rings (SSSR count). The first-order chi connectivity index (χ1) is 8.83. The molecule has 0 fully saturated rings. The SMILES string of the molecule is CCCN1C(=O)c2ccccc2C1c1ccco1. The number of carbonyl (C=O) groups excluding carboxylic acids is 1. The summed E-state index contributed by atoms with van der Waals surface area (Å²) in [4.78, 5) is 14.3. The molecule has 0 aliphatic carbocycles. The van der Waals surface area contributed by atoms with E-state index in [1.165, 1.54) is 0 Å². The van der Waals surface area contributed by atoms with Crippen LogP contribution in [0.4, 0.5) is 0 Å². The Bertz CT molecular complexity index is 560. The molecular weight excluding hydrogens is 226 g/mol. The predicted octanol–water partition coefficient (Wildman–Crippen LogP) is 3.23. The van der Waals surface area contributed by atoms with E-state index in [9.17, 15) is 4.79 Å². The standard InChI is InChI=1S/C15H15NO2/c1-2-9-16-14(13-8-5-10-18-13)11-6-3-4-7-12(11)15(16)17/h3-8,10,14H,2,9H2,1H3. The lowest BCUT2D eigenvalue weighted by Crippen LogP contribution is -2.29. The quantitative estimate of drug-likeness (QED) is 0.826. The fourth-order valence-corrected chi connectivity index (χ4v) is 2.60. The highest BCUT2D eigenvalue weighted by Crippen LogP contribution is 2.38. The van der Waals surface area contributed by atoms with Crippen molar-refractivity contribution in [3.8, 4) is 0 Å². The number of hydrogen-bond acceptors (Lipinski definition) is 2. The second kappa shape index (κ2) is 4.33. The molecule has 0 bridgehead atoms. The van der Waals surface area contributed by atoms with Crippen molar-refractivity contribution < 1.29 is 9.21 Å². The zero-order chi connectivity index (χ0) is 12.5. The van der Waals surface area contributed by atoms with E-state index in [4.69, 9.17) is 4.42 Å². The summed E-state index contributed by atoms with van der Waals surface area (Å²) in [6, 6.07) is 11.5. The minimum atomic E-state index is -0.0661. The highest BCUT2D eigenvalue weighted by atomic mass is 16.3. The Kier molecular flexibility index (Phi) is 2.67. The molecule has 0 saturated heterocycles. The summed E-state index contributed by atoms with van der Waals surface area (Å²) in [6.07, 6.45) is 2.60. The summed E-state index contributed by atoms with van der Waals surface area (Å²) in [5.41, 5.74) is 1.85. The predicted molar refractivity (Wildman–Crippen MR) is 68.3 cm³/mol. The van der Waals surface area contributed by atoms with Crippen LogP contribution >= 0.6 is 0 Å². The van der Waals surface area contributed by atoms with Gasteiger partial charge in [0.15, 0.2) is 0 Å². The molecule has 3 nitrogen and oxygen atoms in total. The zero-order valence-corrected chi connectivity index (χ0v) is 10.3. The number of amides is 1. The summed E-state index contributed by atoms with van der Waals surface area (Å²) in [5.74, 6) is 0.940. The van der Waals surface area contributed by atoms with E-state index in [0.717, 1.165) is 29.9 Å². The van der Waals surface area contributed by atoms with Crippen LogP contribution in [-0.2, 0) is 0 Å². The number of furan rings is 1. The highest BCUT2D eigenvalue weighted by molar-refractivity contribution is 5.99. The molecule has 0 spiro atoms. The van der Waals surface area contributed by atoms with Gasteiger partial charge in [-0.3, -0.25) is 4.79 Å². The second-order valence-electron chi connectivity index (χ2n) is 4.50. The van der Waals surface area contributed by atoms with Crippen molar-refractivity contribution in [3.63, 3.8) is 0 Å². The molecule has 0 N–H and O–H groups in total. The molecule has 1 atom stereocenters. The molecule has 2 heterocycles. The van der Waals surface area contributed by atoms with Crippen molar-refractivity contribution in [2.24, 2.45) is 0 Å². The summed E-state index contributed by atoms with van der Waals surface area (Å²) in [5, 5.41) is 0. The van der Waals surface area contributed by atoms with Crippen LogP contribution in [0.2, 0.25) is 0 Å². The van der Waals surface area contributed by atoms with Gasteiger partial charge in [-0.2, -0.15) is 0 Å². The van der Waals surface area contributed by atoms with Gasteiger partial charge >= 0.3 is 0 Å². The van der Waals surface area contributed by atoms with Crippen molar-refractivity contribution in [2.45, 2.75) is 19.4 Å². The van der Waals surface area contributed by atoms with E-state index >= 15 is 0 Å². The topological polar surface area (TPSA) is 33.5 Å². The maximum Gasteiger partial charge on any atom is 0.255 e. The number of carbonyl (C=O) groups is 1. The summed E-state index contributed by atoms with van der Waals surface area (Å²) in [7, 11) is 0. The Morgan fingerprint density at radius 3 is 2.78 bits per heavy atom. The van der Waals surface area contributed by atoms with E-state index in [0.29, 0.717) is 0 Å². The van der Waals surface area contributed by atoms with Gasteiger partial charge in [-0.25, -0.2) is 0 Å². The van der Waals surface area contributed by atoms with Crippen molar-refractivity contribution in [1.29, 1.82) is 0 Å². The Labute approximate surface area is 106 Å². The third-order valence-corrected chi connectivity index (χ3v) is 3.34. The number of rotatable bonds is 3. The van der Waals surface area contributed by atoms with Gasteiger partial charge in [-0.15, -0.1) is 0 Å². The Morgan fingerprint density at radius 2 is 2.06 bits per heavy atom. The smallest absolute Gasteiger partial charge is 0.255 e. The highest BCUT2D eigenvalue weighted by Gasteiger charge is 2.38. The summed E-state index contributed by atoms with van der Waals surface area (Å²) in [6.45, 7) is 2.83. The van der Waals surface area contributed by atoms with Crippen LogP contribution in [0.1, 0.15) is 41.1 Å². The molecular formula is C15H15NO2. The monoisotopic (exact) mass is 241 g/mol. The lowest BCUT2D eigenvalue weighted by molar-refractivity contribution is 0.0736. The van der Waals surface area contributed by atoms with E-state index in [-0.39, 0.29) is 11.9 Å². The minimum absolute atomic E-state index is 0.0661. The third-order valence-electron chi connectivity index (χ3n) is 3.34. The van der Waals surface area contributed by atoms with Crippen LogP contribution in [0.15, 0.2) is 47.1 Å². The van der Waals surface area contributed by atoms with Crippen LogP contribution in [0.25, 0.3) is 0 Å². The van der Waals surface area contributed by atoms with E-state index in [1.807, 2.05) is 41.3 Å². The van der Waals surface area contributed by atoms with Crippen molar-refractivity contribution >= 4 is 5.91 Å². The molecule has 2 aromatic rings. The zero-order valence-electron chi connectivity index (χ0n) is 10.3. The molecule has 0 radical (unpaired) electrons. The molecule has 3 heteroatoms. The van der Waals surface area contributed by atoms with E-state index < -0.39 is 0 Å². The largest absolute Gasteiger partial charge is 0.467 e. The normalized spacial score (nSPS) is 18.2. The molecule has 1 aliphatic heterocycles.